The third kappa shape index (κ3) is 5.97. The van der Waals surface area contributed by atoms with Crippen LogP contribution < -0.4 is 5.32 Å². The predicted octanol–water partition coefficient (Wildman–Crippen LogP) is 5.76. The zero-order valence-electron chi connectivity index (χ0n) is 18.2. The van der Waals surface area contributed by atoms with Gasteiger partial charge in [-0.3, -0.25) is 9.36 Å². The molecule has 2 heterocycles. The van der Waals surface area contributed by atoms with Crippen LogP contribution in [0.5, 0.6) is 0 Å². The summed E-state index contributed by atoms with van der Waals surface area (Å²) >= 11 is 15.6. The first-order valence-electron chi connectivity index (χ1n) is 10.4. The Kier molecular flexibility index (Phi) is 8.58. The number of thioether (sulfide) groups is 1. The van der Waals surface area contributed by atoms with Crippen molar-refractivity contribution >= 4 is 52.2 Å². The average molecular weight is 534 g/mol. The maximum atomic E-state index is 12.3. The van der Waals surface area contributed by atoms with E-state index in [9.17, 15) is 4.79 Å². The second kappa shape index (κ2) is 11.8. The molecular weight excluding hydrogens is 513 g/mol. The van der Waals surface area contributed by atoms with Crippen molar-refractivity contribution in [3.05, 3.63) is 74.7 Å². The number of amides is 1. The van der Waals surface area contributed by atoms with Crippen molar-refractivity contribution in [2.24, 2.45) is 0 Å². The smallest absolute Gasteiger partial charge is 0.270 e. The fourth-order valence-corrected chi connectivity index (χ4v) is 5.29. The number of halogens is 2. The van der Waals surface area contributed by atoms with Gasteiger partial charge >= 0.3 is 0 Å². The number of carbonyl (C=O) groups excluding carboxylic acids is 1. The molecule has 0 fully saturated rings. The number of nitrogens with zero attached hydrogens (tertiary/aromatic N) is 4. The average Bonchev–Trinajstić information content (AvgIpc) is 3.48. The second-order valence-electron chi connectivity index (χ2n) is 7.12. The molecule has 4 rings (SSSR count). The first-order chi connectivity index (χ1) is 16.6. The van der Waals surface area contributed by atoms with E-state index in [1.54, 1.807) is 12.5 Å². The Balaban J connectivity index is 1.55. The highest BCUT2D eigenvalue weighted by Crippen LogP contribution is 2.33. The monoisotopic (exact) mass is 533 g/mol. The van der Waals surface area contributed by atoms with Crippen molar-refractivity contribution in [1.29, 1.82) is 0 Å². The number of hydrogen-bond donors (Lipinski definition) is 1. The van der Waals surface area contributed by atoms with Crippen LogP contribution in [0.4, 0.5) is 0 Å². The number of benzene rings is 2. The second-order valence-corrected chi connectivity index (χ2v) is 9.85. The van der Waals surface area contributed by atoms with Crippen molar-refractivity contribution in [2.45, 2.75) is 17.3 Å². The van der Waals surface area contributed by atoms with Crippen LogP contribution in [0, 0.1) is 0 Å². The summed E-state index contributed by atoms with van der Waals surface area (Å²) in [7, 11) is 1.64. The topological polar surface area (TPSA) is 81.9 Å². The van der Waals surface area contributed by atoms with Crippen LogP contribution in [0.3, 0.4) is 0 Å². The highest BCUT2D eigenvalue weighted by atomic mass is 35.5. The molecule has 0 bridgehead atoms. The van der Waals surface area contributed by atoms with E-state index in [1.165, 1.54) is 23.1 Å². The van der Waals surface area contributed by atoms with Crippen LogP contribution in [-0.2, 0) is 10.5 Å². The number of carbonyl (C=O) groups is 1. The third-order valence-corrected chi connectivity index (χ3v) is 7.27. The standard InChI is InChI=1S/C23H21Cl2N5O2S2/c1-32-11-5-10-26-22(31)19-13-33-20(27-19)14-34-23-29-28-21(17-8-2-3-9-18(17)25)30(23)16-7-4-6-15(24)12-16/h2-4,6-9,12-13H,5,10-11,14H2,1H3,(H,26,31). The lowest BCUT2D eigenvalue weighted by Crippen LogP contribution is -2.25. The Hall–Kier alpha value is -2.43. The Morgan fingerprint density at radius 1 is 1.18 bits per heavy atom. The predicted molar refractivity (Wildman–Crippen MR) is 137 cm³/mol. The van der Waals surface area contributed by atoms with Gasteiger partial charge in [-0.15, -0.1) is 21.5 Å². The molecular formula is C23H21Cl2N5O2S2. The van der Waals surface area contributed by atoms with Gasteiger partial charge in [0.15, 0.2) is 11.0 Å². The van der Waals surface area contributed by atoms with Crippen LogP contribution in [0.2, 0.25) is 10.0 Å². The third-order valence-electron chi connectivity index (χ3n) is 4.73. The Labute approximate surface area is 215 Å². The number of ether oxygens (including phenoxy) is 1. The highest BCUT2D eigenvalue weighted by molar-refractivity contribution is 7.98. The molecule has 0 aliphatic heterocycles. The van der Waals surface area contributed by atoms with Crippen molar-refractivity contribution in [1.82, 2.24) is 25.1 Å². The van der Waals surface area contributed by atoms with Crippen molar-refractivity contribution in [3.8, 4) is 17.1 Å². The molecule has 0 unspecified atom stereocenters. The summed E-state index contributed by atoms with van der Waals surface area (Å²) in [4.78, 5) is 16.8. The van der Waals surface area contributed by atoms with Crippen LogP contribution in [0.25, 0.3) is 17.1 Å². The van der Waals surface area contributed by atoms with Gasteiger partial charge in [-0.1, -0.05) is 53.2 Å². The number of nitrogens with one attached hydrogen (secondary N) is 1. The molecule has 11 heteroatoms. The van der Waals surface area contributed by atoms with E-state index in [1.807, 2.05) is 53.1 Å². The Morgan fingerprint density at radius 3 is 2.82 bits per heavy atom. The molecule has 1 N–H and O–H groups in total. The van der Waals surface area contributed by atoms with E-state index >= 15 is 0 Å². The van der Waals surface area contributed by atoms with E-state index in [0.29, 0.717) is 45.6 Å². The highest BCUT2D eigenvalue weighted by Gasteiger charge is 2.19. The number of aromatic nitrogens is 4. The van der Waals surface area contributed by atoms with Crippen molar-refractivity contribution in [2.75, 3.05) is 20.3 Å². The fourth-order valence-electron chi connectivity index (χ4n) is 3.15. The molecule has 4 aromatic rings. The summed E-state index contributed by atoms with van der Waals surface area (Å²) in [6, 6.07) is 15.0. The number of methoxy groups -OCH3 is 1. The van der Waals surface area contributed by atoms with Crippen molar-refractivity contribution in [3.63, 3.8) is 0 Å². The summed E-state index contributed by atoms with van der Waals surface area (Å²) in [6.45, 7) is 1.14. The van der Waals surface area contributed by atoms with Gasteiger partial charge in [-0.05, 0) is 36.8 Å². The summed E-state index contributed by atoms with van der Waals surface area (Å²) in [5.41, 5.74) is 2.00. The summed E-state index contributed by atoms with van der Waals surface area (Å²) in [5.74, 6) is 0.959. The largest absolute Gasteiger partial charge is 0.385 e. The molecule has 0 spiro atoms. The van der Waals surface area contributed by atoms with Gasteiger partial charge in [0, 0.05) is 36.2 Å². The van der Waals surface area contributed by atoms with E-state index in [-0.39, 0.29) is 5.91 Å². The molecule has 7 nitrogen and oxygen atoms in total. The lowest BCUT2D eigenvalue weighted by molar-refractivity contribution is 0.0944. The van der Waals surface area contributed by atoms with Crippen LogP contribution in [-0.4, -0.2) is 45.9 Å². The fraction of sp³-hybridized carbons (Fsp3) is 0.217. The number of thiazole rings is 1. The first-order valence-corrected chi connectivity index (χ1v) is 13.0. The quantitative estimate of drug-likeness (QED) is 0.206. The maximum Gasteiger partial charge on any atom is 0.270 e. The molecule has 34 heavy (non-hydrogen) atoms. The summed E-state index contributed by atoms with van der Waals surface area (Å²) < 4.78 is 6.92. The molecule has 0 atom stereocenters. The molecule has 0 saturated heterocycles. The minimum atomic E-state index is -0.188. The van der Waals surface area contributed by atoms with E-state index in [2.05, 4.69) is 20.5 Å². The molecule has 176 valence electrons. The molecule has 2 aromatic carbocycles. The van der Waals surface area contributed by atoms with E-state index < -0.39 is 0 Å². The zero-order valence-corrected chi connectivity index (χ0v) is 21.3. The Morgan fingerprint density at radius 2 is 2.03 bits per heavy atom. The summed E-state index contributed by atoms with van der Waals surface area (Å²) in [5, 5.41) is 16.1. The van der Waals surface area contributed by atoms with Crippen LogP contribution in [0.15, 0.2) is 59.1 Å². The van der Waals surface area contributed by atoms with Crippen LogP contribution >= 0.6 is 46.3 Å². The lowest BCUT2D eigenvalue weighted by Gasteiger charge is -2.11. The number of rotatable bonds is 10. The van der Waals surface area contributed by atoms with Gasteiger partial charge in [0.1, 0.15) is 10.7 Å². The number of hydrogen-bond acceptors (Lipinski definition) is 7. The van der Waals surface area contributed by atoms with Crippen molar-refractivity contribution < 1.29 is 9.53 Å². The first kappa shape index (κ1) is 24.7. The van der Waals surface area contributed by atoms with Gasteiger partial charge in [0.25, 0.3) is 5.91 Å². The molecule has 2 aromatic heterocycles. The van der Waals surface area contributed by atoms with Crippen LogP contribution in [0.1, 0.15) is 21.9 Å². The summed E-state index contributed by atoms with van der Waals surface area (Å²) in [6.07, 6.45) is 0.752. The molecule has 0 aliphatic carbocycles. The Bertz CT molecular complexity index is 1280. The van der Waals surface area contributed by atoms with Gasteiger partial charge in [0.2, 0.25) is 0 Å². The minimum absolute atomic E-state index is 0.188. The zero-order chi connectivity index (χ0) is 23.9. The van der Waals surface area contributed by atoms with Gasteiger partial charge < -0.3 is 10.1 Å². The normalized spacial score (nSPS) is 11.0. The maximum absolute atomic E-state index is 12.3. The molecule has 1 amide bonds. The molecule has 0 saturated carbocycles. The molecule has 0 aliphatic rings. The lowest BCUT2D eigenvalue weighted by atomic mass is 10.2. The minimum Gasteiger partial charge on any atom is -0.385 e. The van der Waals surface area contributed by atoms with E-state index in [0.717, 1.165) is 22.7 Å². The SMILES string of the molecule is COCCCNC(=O)c1csc(CSc2nnc(-c3ccccc3Cl)n2-c2cccc(Cl)c2)n1. The van der Waals surface area contributed by atoms with Gasteiger partial charge in [0.05, 0.1) is 16.5 Å². The van der Waals surface area contributed by atoms with Gasteiger partial charge in [-0.25, -0.2) is 4.98 Å². The van der Waals surface area contributed by atoms with E-state index in [4.69, 9.17) is 27.9 Å². The van der Waals surface area contributed by atoms with Gasteiger partial charge in [-0.2, -0.15) is 0 Å². The molecule has 0 radical (unpaired) electrons.